The molecule has 0 N–H and O–H groups in total. The molecular formula is C48H57Cl2Zr-. The molecule has 3 aliphatic rings. The van der Waals surface area contributed by atoms with Crippen molar-refractivity contribution in [3.63, 3.8) is 0 Å². The van der Waals surface area contributed by atoms with E-state index in [2.05, 4.69) is 186 Å². The van der Waals surface area contributed by atoms with Gasteiger partial charge >= 0.3 is 99.2 Å². The zero-order chi connectivity index (χ0) is 35.9. The molecule has 3 heteroatoms. The third-order valence-electron chi connectivity index (χ3n) is 10.7. The van der Waals surface area contributed by atoms with Crippen molar-refractivity contribution in [2.75, 3.05) is 0 Å². The summed E-state index contributed by atoms with van der Waals surface area (Å²) < 4.78 is 1.42. The van der Waals surface area contributed by atoms with Gasteiger partial charge < -0.3 is 24.8 Å². The fourth-order valence-electron chi connectivity index (χ4n) is 8.84. The Hall–Kier alpha value is -2.31. The van der Waals surface area contributed by atoms with Gasteiger partial charge in [0.1, 0.15) is 0 Å². The third kappa shape index (κ3) is 8.13. The van der Waals surface area contributed by atoms with Gasteiger partial charge in [0, 0.05) is 0 Å². The molecule has 0 saturated heterocycles. The van der Waals surface area contributed by atoms with Crippen LogP contribution in [-0.4, -0.2) is 3.21 Å². The average Bonchev–Trinajstić information content (AvgIpc) is 3.71. The molecule has 0 fully saturated rings. The van der Waals surface area contributed by atoms with Crippen molar-refractivity contribution in [2.45, 2.75) is 94.9 Å². The third-order valence-corrected chi connectivity index (χ3v) is 12.1. The Morgan fingerprint density at radius 3 is 1.71 bits per heavy atom. The first-order valence-electron chi connectivity index (χ1n) is 18.4. The van der Waals surface area contributed by atoms with Crippen molar-refractivity contribution in [1.82, 2.24) is 0 Å². The van der Waals surface area contributed by atoms with E-state index < -0.39 is 0 Å². The van der Waals surface area contributed by atoms with Gasteiger partial charge in [-0.2, -0.15) is 0 Å². The Labute approximate surface area is 337 Å². The van der Waals surface area contributed by atoms with Gasteiger partial charge in [-0.15, -0.1) is 33.7 Å². The Kier molecular flexibility index (Phi) is 14.2. The molecule has 0 spiro atoms. The molecule has 51 heavy (non-hydrogen) atoms. The fourth-order valence-corrected chi connectivity index (χ4v) is 9.66. The van der Waals surface area contributed by atoms with E-state index >= 15 is 0 Å². The molecule has 6 rings (SSSR count). The van der Waals surface area contributed by atoms with Crippen molar-refractivity contribution < 1.29 is 49.0 Å². The molecule has 3 aliphatic carbocycles. The van der Waals surface area contributed by atoms with Crippen LogP contribution in [0.2, 0.25) is 0 Å². The van der Waals surface area contributed by atoms with Gasteiger partial charge in [0.05, 0.1) is 0 Å². The molecule has 0 aromatic heterocycles. The van der Waals surface area contributed by atoms with Crippen molar-refractivity contribution >= 4 is 14.9 Å². The van der Waals surface area contributed by atoms with E-state index in [1.165, 1.54) is 71.3 Å². The summed E-state index contributed by atoms with van der Waals surface area (Å²) in [6.45, 7) is 28.9. The van der Waals surface area contributed by atoms with Crippen LogP contribution in [-0.2, 0) is 29.7 Å². The standard InChI is InChI=1S/C35H47.C13H10.2ClH.Zr/c1-21(2)29-30-27-18-17-26(33(7,8)9)19-25(27)20-28(30)32(24-15-13-14-16-24)35(23(5)6,34(10,11)12)31(29)22(3)4;1-3-7-12(8-4-1)11-13-9-5-2-6-10-13;;;/h13-15,17-19,21-23H,16H2,1-12H3;1-10H;2*1H;/q-1;;;;+2/p-2. The number of allylic oxidation sites excluding steroid dienone is 8. The summed E-state index contributed by atoms with van der Waals surface area (Å²) in [4.78, 5) is 0. The Bertz CT molecular complexity index is 1930. The topological polar surface area (TPSA) is 0 Å². The van der Waals surface area contributed by atoms with Crippen LogP contribution < -0.4 is 35.3 Å². The van der Waals surface area contributed by atoms with E-state index in [-0.39, 0.29) is 41.1 Å². The number of fused-ring (bicyclic) bond motifs is 2. The summed E-state index contributed by atoms with van der Waals surface area (Å²) in [5.74, 6) is 1.38. The molecule has 0 radical (unpaired) electrons. The normalized spacial score (nSPS) is 18.1. The van der Waals surface area contributed by atoms with E-state index in [1.54, 1.807) is 16.7 Å². The van der Waals surface area contributed by atoms with Crippen LogP contribution >= 0.6 is 0 Å². The van der Waals surface area contributed by atoms with Crippen molar-refractivity contribution in [1.29, 1.82) is 0 Å². The van der Waals surface area contributed by atoms with Crippen LogP contribution in [0.15, 0.2) is 125 Å². The molecule has 0 aliphatic heterocycles. The van der Waals surface area contributed by atoms with Gasteiger partial charge in [0.25, 0.3) is 0 Å². The predicted molar refractivity (Wildman–Crippen MR) is 210 cm³/mol. The molecule has 1 atom stereocenters. The van der Waals surface area contributed by atoms with Crippen molar-refractivity contribution in [3.8, 4) is 0 Å². The number of benzene rings is 3. The maximum atomic E-state index is 4.04. The van der Waals surface area contributed by atoms with Gasteiger partial charge in [0.15, 0.2) is 0 Å². The van der Waals surface area contributed by atoms with Crippen molar-refractivity contribution in [3.05, 3.63) is 152 Å². The quantitative estimate of drug-likeness (QED) is 0.305. The Morgan fingerprint density at radius 1 is 0.745 bits per heavy atom. The summed E-state index contributed by atoms with van der Waals surface area (Å²) in [7, 11) is 0. The molecule has 268 valence electrons. The van der Waals surface area contributed by atoms with Crippen LogP contribution in [0.4, 0.5) is 0 Å². The minimum absolute atomic E-state index is 0. The van der Waals surface area contributed by atoms with Gasteiger partial charge in [-0.3, -0.25) is 0 Å². The molecule has 0 nitrogen and oxygen atoms in total. The van der Waals surface area contributed by atoms with E-state index in [0.29, 0.717) is 17.8 Å². The van der Waals surface area contributed by atoms with E-state index in [4.69, 9.17) is 0 Å². The van der Waals surface area contributed by atoms with E-state index in [9.17, 15) is 0 Å². The monoisotopic (exact) mass is 793 g/mol. The minimum atomic E-state index is -0.0562. The summed E-state index contributed by atoms with van der Waals surface area (Å²) >= 11 is 1.46. The van der Waals surface area contributed by atoms with E-state index in [0.717, 1.165) is 6.42 Å². The van der Waals surface area contributed by atoms with Gasteiger partial charge in [-0.1, -0.05) is 141 Å². The maximum absolute atomic E-state index is 4.04. The fraction of sp³-hybridized carbons (Fsp3) is 0.396. The van der Waals surface area contributed by atoms with Gasteiger partial charge in [-0.05, 0) is 40.4 Å². The van der Waals surface area contributed by atoms with Crippen molar-refractivity contribution in [2.24, 2.45) is 28.6 Å². The Morgan fingerprint density at radius 2 is 1.29 bits per heavy atom. The van der Waals surface area contributed by atoms with Crippen LogP contribution in [0, 0.1) is 28.6 Å². The Balaban J connectivity index is 0.000000368. The van der Waals surface area contributed by atoms with Crippen LogP contribution in [0.5, 0.6) is 0 Å². The zero-order valence-electron chi connectivity index (χ0n) is 32.9. The van der Waals surface area contributed by atoms with Crippen LogP contribution in [0.1, 0.15) is 106 Å². The second-order valence-electron chi connectivity index (χ2n) is 17.0. The molecule has 3 aromatic carbocycles. The molecule has 0 amide bonds. The first kappa shape index (κ1) is 43.1. The predicted octanol–water partition coefficient (Wildman–Crippen LogP) is 5.11. The number of hydrogen-bond donors (Lipinski definition) is 0. The summed E-state index contributed by atoms with van der Waals surface area (Å²) in [6, 6.07) is 28.3. The van der Waals surface area contributed by atoms with E-state index in [1.807, 2.05) is 0 Å². The first-order chi connectivity index (χ1) is 23.0. The first-order valence-corrected chi connectivity index (χ1v) is 19.6. The number of hydrogen-bond acceptors (Lipinski definition) is 0. The zero-order valence-corrected chi connectivity index (χ0v) is 36.9. The molecule has 3 aromatic rings. The second-order valence-corrected chi connectivity index (χ2v) is 18.3. The average molecular weight is 796 g/mol. The van der Waals surface area contributed by atoms with Crippen LogP contribution in [0.3, 0.4) is 0 Å². The molecule has 0 heterocycles. The number of rotatable bonds is 6. The summed E-state index contributed by atoms with van der Waals surface area (Å²) in [5, 5.41) is 2.66. The molecule has 0 saturated carbocycles. The van der Waals surface area contributed by atoms with Gasteiger partial charge in [0.2, 0.25) is 0 Å². The van der Waals surface area contributed by atoms with Gasteiger partial charge in [-0.25, -0.2) is 0 Å². The summed E-state index contributed by atoms with van der Waals surface area (Å²) in [5.41, 5.74) is 13.3. The molecule has 0 bridgehead atoms. The SMILES string of the molecule is CC(C)C1=C(C(C)C)C(C(C)C)(C(C)(C)C)C(C2=CC=CC2)=C2[C-]=c3cc(C(C)(C)C)ccc3=C21.[Cl-].[Cl-].[Zr+2]=[C](c1ccccc1)c1ccccc1. The molecular weight excluding hydrogens is 739 g/mol. The molecule has 1 unspecified atom stereocenters. The summed E-state index contributed by atoms with van der Waals surface area (Å²) in [6.07, 6.45) is 12.0. The second kappa shape index (κ2) is 16.8. The number of halogens is 2. The van der Waals surface area contributed by atoms with Crippen LogP contribution in [0.25, 0.3) is 11.6 Å².